The molecular weight excluding hydrogens is 328 g/mol. The molecule has 2 aromatic rings. The van der Waals surface area contributed by atoms with Crippen molar-refractivity contribution in [3.05, 3.63) is 52.3 Å². The Morgan fingerprint density at radius 1 is 1.33 bits per heavy atom. The average molecular weight is 347 g/mol. The smallest absolute Gasteiger partial charge is 0.276 e. The fraction of sp³-hybridized carbons (Fsp3) is 0.353. The molecule has 24 heavy (non-hydrogen) atoms. The summed E-state index contributed by atoms with van der Waals surface area (Å²) in [5.41, 5.74) is 1.89. The molecule has 1 fully saturated rings. The quantitative estimate of drug-likeness (QED) is 0.905. The van der Waals surface area contributed by atoms with Gasteiger partial charge in [0.15, 0.2) is 5.69 Å². The second-order valence-electron chi connectivity index (χ2n) is 5.85. The molecule has 1 aromatic heterocycles. The average Bonchev–Trinajstić information content (AvgIpc) is 2.76. The number of aryl methyl sites for hydroxylation is 1. The highest BCUT2D eigenvalue weighted by Crippen LogP contribution is 2.29. The third-order valence-electron chi connectivity index (χ3n) is 4.34. The third kappa shape index (κ3) is 3.01. The summed E-state index contributed by atoms with van der Waals surface area (Å²) in [7, 11) is 1.75. The van der Waals surface area contributed by atoms with Crippen LogP contribution < -0.4 is 5.32 Å². The van der Waals surface area contributed by atoms with Crippen LogP contribution >= 0.6 is 11.6 Å². The van der Waals surface area contributed by atoms with Crippen LogP contribution in [0, 0.1) is 6.92 Å². The van der Waals surface area contributed by atoms with Gasteiger partial charge in [-0.05, 0) is 12.5 Å². The number of benzene rings is 1. The summed E-state index contributed by atoms with van der Waals surface area (Å²) in [6.45, 7) is 2.64. The van der Waals surface area contributed by atoms with Crippen molar-refractivity contribution in [3.8, 4) is 0 Å². The van der Waals surface area contributed by atoms with E-state index in [0.717, 1.165) is 11.3 Å². The summed E-state index contributed by atoms with van der Waals surface area (Å²) in [4.78, 5) is 26.7. The minimum absolute atomic E-state index is 0.0672. The van der Waals surface area contributed by atoms with Crippen molar-refractivity contribution >= 4 is 23.4 Å². The maximum absolute atomic E-state index is 13.1. The van der Waals surface area contributed by atoms with Gasteiger partial charge in [0.05, 0.1) is 23.2 Å². The number of hydrogen-bond donors (Lipinski definition) is 1. The lowest BCUT2D eigenvalue weighted by atomic mass is 10.0. The van der Waals surface area contributed by atoms with E-state index in [-0.39, 0.29) is 30.0 Å². The molecule has 0 radical (unpaired) electrons. The van der Waals surface area contributed by atoms with Crippen LogP contribution in [0.2, 0.25) is 5.02 Å². The van der Waals surface area contributed by atoms with Crippen molar-refractivity contribution in [2.24, 2.45) is 7.05 Å². The Morgan fingerprint density at radius 2 is 2.04 bits per heavy atom. The molecule has 1 aliphatic heterocycles. The van der Waals surface area contributed by atoms with Crippen molar-refractivity contribution < 1.29 is 9.59 Å². The van der Waals surface area contributed by atoms with Crippen LogP contribution in [-0.2, 0) is 11.8 Å². The van der Waals surface area contributed by atoms with Crippen LogP contribution in [-0.4, -0.2) is 39.6 Å². The van der Waals surface area contributed by atoms with Gasteiger partial charge >= 0.3 is 0 Å². The second kappa shape index (κ2) is 6.65. The molecule has 0 spiro atoms. The van der Waals surface area contributed by atoms with Crippen molar-refractivity contribution in [2.45, 2.75) is 19.4 Å². The van der Waals surface area contributed by atoms with E-state index in [0.29, 0.717) is 18.1 Å². The Morgan fingerprint density at radius 3 is 2.67 bits per heavy atom. The molecule has 1 aliphatic rings. The summed E-state index contributed by atoms with van der Waals surface area (Å²) >= 11 is 6.28. The van der Waals surface area contributed by atoms with Gasteiger partial charge in [-0.25, -0.2) is 0 Å². The Bertz CT molecular complexity index is 772. The molecule has 0 bridgehead atoms. The van der Waals surface area contributed by atoms with E-state index < -0.39 is 0 Å². The monoisotopic (exact) mass is 346 g/mol. The Labute approximate surface area is 145 Å². The zero-order valence-electron chi connectivity index (χ0n) is 13.6. The summed E-state index contributed by atoms with van der Waals surface area (Å²) in [5.74, 6) is -0.323. The van der Waals surface area contributed by atoms with Crippen LogP contribution in [0.1, 0.15) is 34.2 Å². The largest absolute Gasteiger partial charge is 0.354 e. The van der Waals surface area contributed by atoms with Gasteiger partial charge in [-0.3, -0.25) is 14.3 Å². The van der Waals surface area contributed by atoms with E-state index in [1.54, 1.807) is 16.6 Å². The maximum atomic E-state index is 13.1. The van der Waals surface area contributed by atoms with Crippen LogP contribution in [0.4, 0.5) is 0 Å². The predicted molar refractivity (Wildman–Crippen MR) is 90.8 cm³/mol. The molecule has 1 saturated heterocycles. The standard InChI is InChI=1S/C17H19ClN4O2/c1-11-15(18)16(20-21(11)2)17(24)22-9-8-19-14(23)10-13(22)12-6-4-3-5-7-12/h3-7,13H,8-10H2,1-2H3,(H,19,23). The van der Waals surface area contributed by atoms with Gasteiger partial charge in [0.2, 0.25) is 5.91 Å². The van der Waals surface area contributed by atoms with Gasteiger partial charge in [0, 0.05) is 20.1 Å². The number of aromatic nitrogens is 2. The van der Waals surface area contributed by atoms with Crippen LogP contribution in [0.5, 0.6) is 0 Å². The SMILES string of the molecule is Cc1c(Cl)c(C(=O)N2CCNC(=O)CC2c2ccccc2)nn1C. The molecule has 126 valence electrons. The van der Waals surface area contributed by atoms with Crippen LogP contribution in [0.15, 0.2) is 30.3 Å². The molecule has 1 atom stereocenters. The fourth-order valence-corrected chi connectivity index (χ4v) is 3.14. The lowest BCUT2D eigenvalue weighted by Gasteiger charge is -2.29. The molecule has 2 amide bonds. The van der Waals surface area contributed by atoms with E-state index in [4.69, 9.17) is 11.6 Å². The van der Waals surface area contributed by atoms with Gasteiger partial charge in [-0.1, -0.05) is 41.9 Å². The number of nitrogens with one attached hydrogen (secondary N) is 1. The molecule has 7 heteroatoms. The first-order chi connectivity index (χ1) is 11.5. The number of nitrogens with zero attached hydrogens (tertiary/aromatic N) is 3. The van der Waals surface area contributed by atoms with Gasteiger partial charge < -0.3 is 10.2 Å². The number of carbonyl (C=O) groups excluding carboxylic acids is 2. The van der Waals surface area contributed by atoms with Gasteiger partial charge in [-0.15, -0.1) is 0 Å². The third-order valence-corrected chi connectivity index (χ3v) is 4.79. The first-order valence-corrected chi connectivity index (χ1v) is 8.18. The molecule has 6 nitrogen and oxygen atoms in total. The summed E-state index contributed by atoms with van der Waals surface area (Å²) in [6, 6.07) is 9.23. The molecule has 1 unspecified atom stereocenters. The lowest BCUT2D eigenvalue weighted by molar-refractivity contribution is -0.121. The van der Waals surface area contributed by atoms with E-state index in [9.17, 15) is 9.59 Å². The van der Waals surface area contributed by atoms with Crippen molar-refractivity contribution in [2.75, 3.05) is 13.1 Å². The number of rotatable bonds is 2. The zero-order valence-corrected chi connectivity index (χ0v) is 14.4. The Hall–Kier alpha value is -2.34. The molecule has 0 aliphatic carbocycles. The van der Waals surface area contributed by atoms with Crippen molar-refractivity contribution in [1.29, 1.82) is 0 Å². The molecule has 1 N–H and O–H groups in total. The number of amides is 2. The van der Waals surface area contributed by atoms with E-state index >= 15 is 0 Å². The highest BCUT2D eigenvalue weighted by molar-refractivity contribution is 6.34. The predicted octanol–water partition coefficient (Wildman–Crippen LogP) is 2.09. The van der Waals surface area contributed by atoms with Crippen molar-refractivity contribution in [1.82, 2.24) is 20.0 Å². The molecule has 1 aromatic carbocycles. The molecule has 3 rings (SSSR count). The van der Waals surface area contributed by atoms with Gasteiger partial charge in [0.1, 0.15) is 0 Å². The van der Waals surface area contributed by atoms with Crippen LogP contribution in [0.3, 0.4) is 0 Å². The number of halogens is 1. The summed E-state index contributed by atoms with van der Waals surface area (Å²) in [5, 5.41) is 7.43. The van der Waals surface area contributed by atoms with E-state index in [2.05, 4.69) is 10.4 Å². The zero-order chi connectivity index (χ0) is 17.3. The molecule has 0 saturated carbocycles. The summed E-state index contributed by atoms with van der Waals surface area (Å²) in [6.07, 6.45) is 0.221. The number of carbonyl (C=O) groups is 2. The number of hydrogen-bond acceptors (Lipinski definition) is 3. The minimum Gasteiger partial charge on any atom is -0.354 e. The first kappa shape index (κ1) is 16.5. The van der Waals surface area contributed by atoms with Crippen LogP contribution in [0.25, 0.3) is 0 Å². The van der Waals surface area contributed by atoms with Crippen molar-refractivity contribution in [3.63, 3.8) is 0 Å². The topological polar surface area (TPSA) is 67.2 Å². The normalized spacial score (nSPS) is 18.2. The van der Waals surface area contributed by atoms with E-state index in [1.165, 1.54) is 0 Å². The highest BCUT2D eigenvalue weighted by Gasteiger charge is 2.33. The Balaban J connectivity index is 1.99. The fourth-order valence-electron chi connectivity index (χ4n) is 2.90. The van der Waals surface area contributed by atoms with Gasteiger partial charge in [-0.2, -0.15) is 5.10 Å². The highest BCUT2D eigenvalue weighted by atomic mass is 35.5. The van der Waals surface area contributed by atoms with E-state index in [1.807, 2.05) is 37.3 Å². The lowest BCUT2D eigenvalue weighted by Crippen LogP contribution is -2.37. The van der Waals surface area contributed by atoms with Gasteiger partial charge in [0.25, 0.3) is 5.91 Å². The Kier molecular flexibility index (Phi) is 4.57. The minimum atomic E-state index is -0.334. The first-order valence-electron chi connectivity index (χ1n) is 7.80. The second-order valence-corrected chi connectivity index (χ2v) is 6.23. The molecular formula is C17H19ClN4O2. The maximum Gasteiger partial charge on any atom is 0.276 e. The molecule has 2 heterocycles. The summed E-state index contributed by atoms with van der Waals surface area (Å²) < 4.78 is 1.59.